The number of carbonyl (C=O) groups excluding carboxylic acids is 1. The van der Waals surface area contributed by atoms with Gasteiger partial charge in [0.2, 0.25) is 10.0 Å². The number of rotatable bonds is 5. The van der Waals surface area contributed by atoms with E-state index in [4.69, 9.17) is 5.14 Å². The Morgan fingerprint density at radius 3 is 2.33 bits per heavy atom. The summed E-state index contributed by atoms with van der Waals surface area (Å²) >= 11 is 0. The van der Waals surface area contributed by atoms with Crippen molar-refractivity contribution in [3.8, 4) is 0 Å². The highest BCUT2D eigenvalue weighted by Crippen LogP contribution is 2.21. The molecule has 0 fully saturated rings. The van der Waals surface area contributed by atoms with Crippen LogP contribution in [0.2, 0.25) is 0 Å². The van der Waals surface area contributed by atoms with Gasteiger partial charge >= 0.3 is 0 Å². The van der Waals surface area contributed by atoms with Crippen molar-refractivity contribution in [1.29, 1.82) is 0 Å². The predicted octanol–water partition coefficient (Wildman–Crippen LogP) is 3.41. The number of amides is 1. The number of carbonyl (C=O) groups is 1. The fraction of sp³-hybridized carbons (Fsp3) is 0.278. The molecule has 128 valence electrons. The summed E-state index contributed by atoms with van der Waals surface area (Å²) in [4.78, 5) is 12.4. The van der Waals surface area contributed by atoms with E-state index in [1.807, 2.05) is 24.3 Å². The number of nitrogens with two attached hydrogens (primary N) is 1. The van der Waals surface area contributed by atoms with Gasteiger partial charge in [0.25, 0.3) is 5.91 Å². The minimum atomic E-state index is -3.85. The topological polar surface area (TPSA) is 89.3 Å². The van der Waals surface area contributed by atoms with Crippen molar-refractivity contribution in [2.75, 3.05) is 5.32 Å². The van der Waals surface area contributed by atoms with E-state index < -0.39 is 10.0 Å². The lowest BCUT2D eigenvalue weighted by molar-refractivity contribution is 0.102. The first-order valence-electron chi connectivity index (χ1n) is 7.77. The fourth-order valence-electron chi connectivity index (χ4n) is 2.35. The van der Waals surface area contributed by atoms with Gasteiger partial charge < -0.3 is 5.32 Å². The predicted molar refractivity (Wildman–Crippen MR) is 95.7 cm³/mol. The van der Waals surface area contributed by atoms with Gasteiger partial charge in [-0.15, -0.1) is 0 Å². The highest BCUT2D eigenvalue weighted by molar-refractivity contribution is 7.89. The Morgan fingerprint density at radius 1 is 1.17 bits per heavy atom. The van der Waals surface area contributed by atoms with Crippen LogP contribution in [0.3, 0.4) is 0 Å². The van der Waals surface area contributed by atoms with Gasteiger partial charge in [-0.1, -0.05) is 32.0 Å². The Bertz CT molecular complexity index is 843. The lowest BCUT2D eigenvalue weighted by Crippen LogP contribution is -2.17. The quantitative estimate of drug-likeness (QED) is 0.869. The highest BCUT2D eigenvalue weighted by atomic mass is 32.2. The van der Waals surface area contributed by atoms with Gasteiger partial charge in [-0.2, -0.15) is 0 Å². The van der Waals surface area contributed by atoms with Crippen molar-refractivity contribution < 1.29 is 13.2 Å². The van der Waals surface area contributed by atoms with Crippen LogP contribution in [0.1, 0.15) is 47.7 Å². The second kappa shape index (κ2) is 7.15. The van der Waals surface area contributed by atoms with E-state index in [2.05, 4.69) is 19.2 Å². The molecule has 1 atom stereocenters. The Balaban J connectivity index is 2.24. The van der Waals surface area contributed by atoms with Crippen LogP contribution in [0.5, 0.6) is 0 Å². The third kappa shape index (κ3) is 4.21. The molecule has 2 rings (SSSR count). The maximum Gasteiger partial charge on any atom is 0.255 e. The first kappa shape index (κ1) is 18.2. The van der Waals surface area contributed by atoms with Crippen LogP contribution in [0, 0.1) is 6.92 Å². The second-order valence-electron chi connectivity index (χ2n) is 5.91. The number of hydrogen-bond donors (Lipinski definition) is 2. The minimum Gasteiger partial charge on any atom is -0.322 e. The zero-order valence-electron chi connectivity index (χ0n) is 14.0. The monoisotopic (exact) mass is 346 g/mol. The maximum absolute atomic E-state index is 12.4. The number of sulfonamides is 1. The molecule has 0 aliphatic heterocycles. The minimum absolute atomic E-state index is 0.0784. The molecule has 0 spiro atoms. The lowest BCUT2D eigenvalue weighted by Gasteiger charge is -2.12. The summed E-state index contributed by atoms with van der Waals surface area (Å²) in [6, 6.07) is 11.9. The summed E-state index contributed by atoms with van der Waals surface area (Å²) in [6.07, 6.45) is 1.05. The van der Waals surface area contributed by atoms with Gasteiger partial charge in [0, 0.05) is 11.3 Å². The molecule has 3 N–H and O–H groups in total. The number of aryl methyl sites for hydroxylation is 1. The van der Waals surface area contributed by atoms with Crippen LogP contribution in [0.4, 0.5) is 5.69 Å². The molecule has 0 aliphatic rings. The van der Waals surface area contributed by atoms with Gasteiger partial charge in [-0.05, 0) is 54.7 Å². The molecule has 2 aromatic carbocycles. The Kier molecular flexibility index (Phi) is 5.41. The van der Waals surface area contributed by atoms with Crippen LogP contribution in [0.15, 0.2) is 47.4 Å². The zero-order chi connectivity index (χ0) is 17.9. The van der Waals surface area contributed by atoms with Crippen LogP contribution < -0.4 is 10.5 Å². The maximum atomic E-state index is 12.4. The molecule has 1 amide bonds. The van der Waals surface area contributed by atoms with Gasteiger partial charge in [0.1, 0.15) is 0 Å². The van der Waals surface area contributed by atoms with Crippen molar-refractivity contribution in [3.63, 3.8) is 0 Å². The number of hydrogen-bond acceptors (Lipinski definition) is 3. The molecule has 0 radical (unpaired) electrons. The first-order chi connectivity index (χ1) is 11.2. The Labute approximate surface area is 142 Å². The first-order valence-corrected chi connectivity index (χ1v) is 9.31. The lowest BCUT2D eigenvalue weighted by atomic mass is 9.98. The van der Waals surface area contributed by atoms with Crippen LogP contribution >= 0.6 is 0 Å². The third-order valence-electron chi connectivity index (χ3n) is 4.13. The summed E-state index contributed by atoms with van der Waals surface area (Å²) in [5, 5.41) is 7.91. The van der Waals surface area contributed by atoms with E-state index in [1.54, 1.807) is 13.0 Å². The van der Waals surface area contributed by atoms with E-state index >= 15 is 0 Å². The van der Waals surface area contributed by atoms with E-state index in [-0.39, 0.29) is 16.4 Å². The van der Waals surface area contributed by atoms with Crippen molar-refractivity contribution in [1.82, 2.24) is 0 Å². The summed E-state index contributed by atoms with van der Waals surface area (Å²) in [6.45, 7) is 6.02. The molecule has 0 aromatic heterocycles. The molecule has 0 saturated heterocycles. The summed E-state index contributed by atoms with van der Waals surface area (Å²) in [7, 11) is -3.85. The molecule has 24 heavy (non-hydrogen) atoms. The van der Waals surface area contributed by atoms with Crippen molar-refractivity contribution in [3.05, 3.63) is 59.2 Å². The number of nitrogens with one attached hydrogen (secondary N) is 1. The standard InChI is InChI=1S/C18H22N2O3S/c1-4-12(2)14-6-8-15(9-7-14)20-18(21)17-11-16(24(19,22)23)10-5-13(17)3/h5-12H,4H2,1-3H3,(H,20,21)(H2,19,22,23)/t12-/m1/s1. The molecule has 0 saturated carbocycles. The van der Waals surface area contributed by atoms with Crippen LogP contribution in [-0.2, 0) is 10.0 Å². The smallest absolute Gasteiger partial charge is 0.255 e. The molecule has 5 nitrogen and oxygen atoms in total. The van der Waals surface area contributed by atoms with E-state index in [9.17, 15) is 13.2 Å². The molecule has 6 heteroatoms. The Hall–Kier alpha value is -2.18. The molecule has 0 bridgehead atoms. The molecule has 0 heterocycles. The van der Waals surface area contributed by atoms with Crippen molar-refractivity contribution >= 4 is 21.6 Å². The summed E-state index contributed by atoms with van der Waals surface area (Å²) in [5.74, 6) is 0.0951. The number of primary sulfonamides is 1. The van der Waals surface area contributed by atoms with Crippen molar-refractivity contribution in [2.24, 2.45) is 5.14 Å². The van der Waals surface area contributed by atoms with E-state index in [0.29, 0.717) is 17.2 Å². The summed E-state index contributed by atoms with van der Waals surface area (Å²) < 4.78 is 22.9. The van der Waals surface area contributed by atoms with Crippen molar-refractivity contribution in [2.45, 2.75) is 38.0 Å². The average Bonchev–Trinajstić information content (AvgIpc) is 2.54. The van der Waals surface area contributed by atoms with E-state index in [1.165, 1.54) is 17.7 Å². The van der Waals surface area contributed by atoms with Crippen LogP contribution in [-0.4, -0.2) is 14.3 Å². The second-order valence-corrected chi connectivity index (χ2v) is 7.47. The van der Waals surface area contributed by atoms with Gasteiger partial charge in [0.05, 0.1) is 4.90 Å². The van der Waals surface area contributed by atoms with Gasteiger partial charge in [-0.3, -0.25) is 4.79 Å². The molecular weight excluding hydrogens is 324 g/mol. The highest BCUT2D eigenvalue weighted by Gasteiger charge is 2.15. The molecular formula is C18H22N2O3S. The molecule has 0 aliphatic carbocycles. The fourth-order valence-corrected chi connectivity index (χ4v) is 2.89. The molecule has 2 aromatic rings. The number of anilines is 1. The largest absolute Gasteiger partial charge is 0.322 e. The third-order valence-corrected chi connectivity index (χ3v) is 5.04. The average molecular weight is 346 g/mol. The van der Waals surface area contributed by atoms with Gasteiger partial charge in [0.15, 0.2) is 0 Å². The van der Waals surface area contributed by atoms with Gasteiger partial charge in [-0.25, -0.2) is 13.6 Å². The number of benzene rings is 2. The normalized spacial score (nSPS) is 12.7. The zero-order valence-corrected chi connectivity index (χ0v) is 14.9. The molecule has 0 unspecified atom stereocenters. The van der Waals surface area contributed by atoms with E-state index in [0.717, 1.165) is 6.42 Å². The summed E-state index contributed by atoms with van der Waals surface area (Å²) in [5.41, 5.74) is 2.83. The van der Waals surface area contributed by atoms with Crippen LogP contribution in [0.25, 0.3) is 0 Å². The Morgan fingerprint density at radius 2 is 1.79 bits per heavy atom. The SMILES string of the molecule is CC[C@@H](C)c1ccc(NC(=O)c2cc(S(N)(=O)=O)ccc2C)cc1.